The molecular formula is C12H17FN2O. The number of nitrogens with two attached hydrogens (primary N) is 1. The van der Waals surface area contributed by atoms with Crippen molar-refractivity contribution < 1.29 is 9.13 Å². The molecule has 1 heterocycles. The summed E-state index contributed by atoms with van der Waals surface area (Å²) in [5.74, 6) is -0.264. The van der Waals surface area contributed by atoms with E-state index in [9.17, 15) is 4.39 Å². The Labute approximate surface area is 94.8 Å². The number of anilines is 2. The Morgan fingerprint density at radius 3 is 3.06 bits per heavy atom. The standard InChI is InChI=1S/C12H17FN2O/c1-8-5-12(11(14)6-10(8)13)15-7-9-3-2-4-16-9/h5-6,9,15H,2-4,7,14H2,1H3. The lowest BCUT2D eigenvalue weighted by Gasteiger charge is -2.14. The number of nitrogens with one attached hydrogen (secondary N) is 1. The van der Waals surface area contributed by atoms with Crippen molar-refractivity contribution in [1.82, 2.24) is 0 Å². The molecule has 0 aromatic heterocycles. The van der Waals surface area contributed by atoms with E-state index in [0.29, 0.717) is 11.3 Å². The number of rotatable bonds is 3. The van der Waals surface area contributed by atoms with E-state index in [1.54, 1.807) is 13.0 Å². The molecule has 0 bridgehead atoms. The summed E-state index contributed by atoms with van der Waals surface area (Å²) < 4.78 is 18.7. The lowest BCUT2D eigenvalue weighted by atomic mass is 10.1. The molecule has 0 amide bonds. The first-order chi connectivity index (χ1) is 7.66. The molecule has 3 N–H and O–H groups in total. The molecule has 16 heavy (non-hydrogen) atoms. The van der Waals surface area contributed by atoms with Crippen LogP contribution in [-0.2, 0) is 4.74 Å². The summed E-state index contributed by atoms with van der Waals surface area (Å²) in [5.41, 5.74) is 7.56. The third-order valence-electron chi connectivity index (χ3n) is 2.87. The van der Waals surface area contributed by atoms with Crippen LogP contribution < -0.4 is 11.1 Å². The largest absolute Gasteiger partial charge is 0.397 e. The predicted octanol–water partition coefficient (Wildman–Crippen LogP) is 2.31. The minimum atomic E-state index is -0.264. The van der Waals surface area contributed by atoms with E-state index in [-0.39, 0.29) is 11.9 Å². The Morgan fingerprint density at radius 1 is 1.56 bits per heavy atom. The van der Waals surface area contributed by atoms with Crippen LogP contribution in [-0.4, -0.2) is 19.3 Å². The van der Waals surface area contributed by atoms with Crippen LogP contribution in [0.1, 0.15) is 18.4 Å². The zero-order valence-electron chi connectivity index (χ0n) is 9.42. The van der Waals surface area contributed by atoms with Crippen molar-refractivity contribution in [3.63, 3.8) is 0 Å². The monoisotopic (exact) mass is 224 g/mol. The van der Waals surface area contributed by atoms with Gasteiger partial charge < -0.3 is 15.8 Å². The third kappa shape index (κ3) is 2.44. The zero-order chi connectivity index (χ0) is 11.5. The van der Waals surface area contributed by atoms with Gasteiger partial charge in [0.05, 0.1) is 17.5 Å². The molecule has 1 atom stereocenters. The smallest absolute Gasteiger partial charge is 0.128 e. The van der Waals surface area contributed by atoms with Gasteiger partial charge in [-0.2, -0.15) is 0 Å². The molecule has 0 saturated carbocycles. The molecule has 0 radical (unpaired) electrons. The molecule has 3 nitrogen and oxygen atoms in total. The Hall–Kier alpha value is -1.29. The zero-order valence-corrected chi connectivity index (χ0v) is 9.42. The fraction of sp³-hybridized carbons (Fsp3) is 0.500. The van der Waals surface area contributed by atoms with Crippen molar-refractivity contribution in [2.45, 2.75) is 25.9 Å². The Balaban J connectivity index is 2.00. The molecule has 1 aliphatic heterocycles. The molecule has 2 rings (SSSR count). The van der Waals surface area contributed by atoms with Gasteiger partial charge in [-0.15, -0.1) is 0 Å². The first-order valence-electron chi connectivity index (χ1n) is 5.58. The van der Waals surface area contributed by atoms with Crippen LogP contribution in [0.2, 0.25) is 0 Å². The van der Waals surface area contributed by atoms with Gasteiger partial charge in [0.15, 0.2) is 0 Å². The van der Waals surface area contributed by atoms with E-state index >= 15 is 0 Å². The number of aryl methyl sites for hydroxylation is 1. The SMILES string of the molecule is Cc1cc(NCC2CCCO2)c(N)cc1F. The van der Waals surface area contributed by atoms with Gasteiger partial charge in [-0.25, -0.2) is 4.39 Å². The van der Waals surface area contributed by atoms with E-state index in [1.165, 1.54) is 6.07 Å². The molecule has 1 fully saturated rings. The maximum atomic E-state index is 13.2. The second-order valence-corrected chi connectivity index (χ2v) is 4.20. The highest BCUT2D eigenvalue weighted by molar-refractivity contribution is 5.67. The average molecular weight is 224 g/mol. The Bertz CT molecular complexity index is 376. The first-order valence-corrected chi connectivity index (χ1v) is 5.58. The molecule has 4 heteroatoms. The van der Waals surface area contributed by atoms with Gasteiger partial charge in [-0.3, -0.25) is 0 Å². The van der Waals surface area contributed by atoms with Crippen LogP contribution in [0.15, 0.2) is 12.1 Å². The van der Waals surface area contributed by atoms with Gasteiger partial charge in [0.1, 0.15) is 5.82 Å². The minimum absolute atomic E-state index is 0.254. The predicted molar refractivity (Wildman–Crippen MR) is 63.0 cm³/mol. The van der Waals surface area contributed by atoms with Crippen LogP contribution in [0.5, 0.6) is 0 Å². The van der Waals surface area contributed by atoms with Gasteiger partial charge in [-0.05, 0) is 37.5 Å². The maximum Gasteiger partial charge on any atom is 0.128 e. The Kier molecular flexibility index (Phi) is 3.29. The molecular weight excluding hydrogens is 207 g/mol. The third-order valence-corrected chi connectivity index (χ3v) is 2.87. The van der Waals surface area contributed by atoms with Crippen molar-refractivity contribution in [1.29, 1.82) is 0 Å². The molecule has 1 aromatic carbocycles. The lowest BCUT2D eigenvalue weighted by molar-refractivity contribution is 0.120. The Morgan fingerprint density at radius 2 is 2.38 bits per heavy atom. The number of ether oxygens (including phenoxy) is 1. The van der Waals surface area contributed by atoms with Gasteiger partial charge in [0.2, 0.25) is 0 Å². The van der Waals surface area contributed by atoms with E-state index in [4.69, 9.17) is 10.5 Å². The van der Waals surface area contributed by atoms with E-state index in [2.05, 4.69) is 5.32 Å². The molecule has 1 saturated heterocycles. The van der Waals surface area contributed by atoms with E-state index in [1.807, 2.05) is 0 Å². The van der Waals surface area contributed by atoms with Crippen molar-refractivity contribution >= 4 is 11.4 Å². The van der Waals surface area contributed by atoms with E-state index < -0.39 is 0 Å². The second kappa shape index (κ2) is 4.70. The number of nitrogen functional groups attached to an aromatic ring is 1. The number of benzene rings is 1. The molecule has 1 aliphatic rings. The van der Waals surface area contributed by atoms with Crippen LogP contribution in [0, 0.1) is 12.7 Å². The van der Waals surface area contributed by atoms with Crippen LogP contribution in [0.3, 0.4) is 0 Å². The molecule has 0 spiro atoms. The average Bonchev–Trinajstić information content (AvgIpc) is 2.74. The highest BCUT2D eigenvalue weighted by Crippen LogP contribution is 2.23. The molecule has 88 valence electrons. The fourth-order valence-electron chi connectivity index (χ4n) is 1.88. The second-order valence-electron chi connectivity index (χ2n) is 4.20. The van der Waals surface area contributed by atoms with Crippen LogP contribution >= 0.6 is 0 Å². The van der Waals surface area contributed by atoms with Gasteiger partial charge in [0, 0.05) is 13.2 Å². The van der Waals surface area contributed by atoms with Gasteiger partial charge >= 0.3 is 0 Å². The van der Waals surface area contributed by atoms with Gasteiger partial charge in [-0.1, -0.05) is 0 Å². The summed E-state index contributed by atoms with van der Waals surface area (Å²) in [6.45, 7) is 3.30. The highest BCUT2D eigenvalue weighted by atomic mass is 19.1. The van der Waals surface area contributed by atoms with Crippen molar-refractivity contribution in [3.8, 4) is 0 Å². The summed E-state index contributed by atoms with van der Waals surface area (Å²) in [6, 6.07) is 3.09. The van der Waals surface area contributed by atoms with E-state index in [0.717, 1.165) is 31.7 Å². The molecule has 1 aromatic rings. The highest BCUT2D eigenvalue weighted by Gasteiger charge is 2.15. The first kappa shape index (κ1) is 11.2. The number of hydrogen-bond donors (Lipinski definition) is 2. The summed E-state index contributed by atoms with van der Waals surface area (Å²) in [4.78, 5) is 0. The van der Waals surface area contributed by atoms with Crippen molar-refractivity contribution in [2.24, 2.45) is 0 Å². The summed E-state index contributed by atoms with van der Waals surface area (Å²) in [5, 5.41) is 3.21. The molecule has 0 aliphatic carbocycles. The number of hydrogen-bond acceptors (Lipinski definition) is 3. The summed E-state index contributed by atoms with van der Waals surface area (Å²) in [6.07, 6.45) is 2.45. The van der Waals surface area contributed by atoms with Crippen molar-refractivity contribution in [3.05, 3.63) is 23.5 Å². The topological polar surface area (TPSA) is 47.3 Å². The normalized spacial score (nSPS) is 20.0. The minimum Gasteiger partial charge on any atom is -0.397 e. The lowest BCUT2D eigenvalue weighted by Crippen LogP contribution is -2.19. The van der Waals surface area contributed by atoms with Crippen molar-refractivity contribution in [2.75, 3.05) is 24.2 Å². The fourth-order valence-corrected chi connectivity index (χ4v) is 1.88. The quantitative estimate of drug-likeness (QED) is 0.774. The van der Waals surface area contributed by atoms with Gasteiger partial charge in [0.25, 0.3) is 0 Å². The van der Waals surface area contributed by atoms with Crippen LogP contribution in [0.25, 0.3) is 0 Å². The maximum absolute atomic E-state index is 13.2. The van der Waals surface area contributed by atoms with Crippen LogP contribution in [0.4, 0.5) is 15.8 Å². The number of halogens is 1. The molecule has 1 unspecified atom stereocenters. The summed E-state index contributed by atoms with van der Waals surface area (Å²) >= 11 is 0. The summed E-state index contributed by atoms with van der Waals surface area (Å²) in [7, 11) is 0.